The standard InChI is InChI=1S/C27H25FN6O3S/c28-17-6-3-9-19(14-17)34(27(37)24-21(29)22(25(30)35)33-38-24)23(26(36)32-18-7-1-2-8-18)16-10-11-20-15(13-16)5-4-12-31-20/h3-6,9-14,18,23H,1-2,7-8,29H2,(H2,30,35)(H,32,36). The van der Waals surface area contributed by atoms with Crippen LogP contribution >= 0.6 is 11.5 Å². The number of aromatic nitrogens is 2. The average Bonchev–Trinajstić information content (AvgIpc) is 3.56. The van der Waals surface area contributed by atoms with Crippen molar-refractivity contribution >= 4 is 51.5 Å². The lowest BCUT2D eigenvalue weighted by atomic mass is 9.99. The Morgan fingerprint density at radius 3 is 2.58 bits per heavy atom. The summed E-state index contributed by atoms with van der Waals surface area (Å²) in [5.74, 6) is -2.60. The fourth-order valence-corrected chi connectivity index (χ4v) is 5.52. The third-order valence-electron chi connectivity index (χ3n) is 6.61. The molecule has 2 aromatic heterocycles. The number of nitrogen functional groups attached to an aromatic ring is 1. The molecule has 1 aliphatic carbocycles. The molecule has 2 heterocycles. The first-order valence-electron chi connectivity index (χ1n) is 12.1. The first-order valence-corrected chi connectivity index (χ1v) is 12.9. The molecule has 1 fully saturated rings. The molecule has 1 unspecified atom stereocenters. The van der Waals surface area contributed by atoms with Gasteiger partial charge in [0.25, 0.3) is 11.8 Å². The zero-order chi connectivity index (χ0) is 26.8. The summed E-state index contributed by atoms with van der Waals surface area (Å²) in [5, 5.41) is 3.84. The maximum absolute atomic E-state index is 14.4. The van der Waals surface area contributed by atoms with E-state index in [-0.39, 0.29) is 28.0 Å². The summed E-state index contributed by atoms with van der Waals surface area (Å²) < 4.78 is 18.4. The second-order valence-electron chi connectivity index (χ2n) is 9.14. The van der Waals surface area contributed by atoms with Crippen molar-refractivity contribution in [3.05, 3.63) is 82.7 Å². The number of fused-ring (bicyclic) bond motifs is 1. The molecule has 0 saturated heterocycles. The fraction of sp³-hybridized carbons (Fsp3) is 0.222. The van der Waals surface area contributed by atoms with E-state index in [1.54, 1.807) is 30.5 Å². The predicted octanol–water partition coefficient (Wildman–Crippen LogP) is 3.96. The first kappa shape index (κ1) is 25.3. The summed E-state index contributed by atoms with van der Waals surface area (Å²) in [6.07, 6.45) is 5.32. The highest BCUT2D eigenvalue weighted by Crippen LogP contribution is 2.34. The topological polar surface area (TPSA) is 144 Å². The van der Waals surface area contributed by atoms with Crippen LogP contribution in [0.4, 0.5) is 15.8 Å². The van der Waals surface area contributed by atoms with E-state index in [0.29, 0.717) is 22.6 Å². The Morgan fingerprint density at radius 1 is 1.08 bits per heavy atom. The Kier molecular flexibility index (Phi) is 7.01. The van der Waals surface area contributed by atoms with Crippen LogP contribution in [0.1, 0.15) is 57.4 Å². The lowest BCUT2D eigenvalue weighted by molar-refractivity contribution is -0.123. The molecule has 1 atom stereocenters. The third kappa shape index (κ3) is 4.92. The minimum absolute atomic E-state index is 0.0356. The highest BCUT2D eigenvalue weighted by Gasteiger charge is 2.37. The lowest BCUT2D eigenvalue weighted by Gasteiger charge is -2.32. The Balaban J connectivity index is 1.68. The van der Waals surface area contributed by atoms with Gasteiger partial charge in [-0.3, -0.25) is 24.3 Å². The molecular weight excluding hydrogens is 507 g/mol. The van der Waals surface area contributed by atoms with Crippen LogP contribution in [0.15, 0.2) is 60.8 Å². The molecule has 0 spiro atoms. The zero-order valence-corrected chi connectivity index (χ0v) is 21.1. The molecule has 3 amide bonds. The zero-order valence-electron chi connectivity index (χ0n) is 20.3. The minimum atomic E-state index is -1.19. The molecule has 11 heteroatoms. The van der Waals surface area contributed by atoms with Gasteiger partial charge in [-0.25, -0.2) is 4.39 Å². The summed E-state index contributed by atoms with van der Waals surface area (Å²) in [4.78, 5) is 45.2. The molecule has 0 aliphatic heterocycles. The van der Waals surface area contributed by atoms with Gasteiger partial charge >= 0.3 is 0 Å². The quantitative estimate of drug-likeness (QED) is 0.329. The van der Waals surface area contributed by atoms with Crippen LogP contribution in [0.3, 0.4) is 0 Å². The summed E-state index contributed by atoms with van der Waals surface area (Å²) in [6, 6.07) is 13.1. The summed E-state index contributed by atoms with van der Waals surface area (Å²) in [7, 11) is 0. The number of hydrogen-bond acceptors (Lipinski definition) is 7. The molecule has 0 radical (unpaired) electrons. The van der Waals surface area contributed by atoms with Crippen LogP contribution in [0, 0.1) is 5.82 Å². The van der Waals surface area contributed by atoms with Gasteiger partial charge in [-0.15, -0.1) is 0 Å². The van der Waals surface area contributed by atoms with Crippen molar-refractivity contribution in [2.75, 3.05) is 10.6 Å². The highest BCUT2D eigenvalue weighted by atomic mass is 32.1. The van der Waals surface area contributed by atoms with Gasteiger partial charge in [-0.1, -0.05) is 31.0 Å². The van der Waals surface area contributed by atoms with Crippen LogP contribution in [0.2, 0.25) is 0 Å². The van der Waals surface area contributed by atoms with E-state index >= 15 is 0 Å². The minimum Gasteiger partial charge on any atom is -0.395 e. The van der Waals surface area contributed by atoms with Crippen LogP contribution < -0.4 is 21.7 Å². The van der Waals surface area contributed by atoms with E-state index in [9.17, 15) is 18.8 Å². The number of nitrogens with zero attached hydrogens (tertiary/aromatic N) is 3. The molecule has 194 valence electrons. The van der Waals surface area contributed by atoms with Gasteiger partial charge in [-0.2, -0.15) is 4.37 Å². The Morgan fingerprint density at radius 2 is 1.87 bits per heavy atom. The van der Waals surface area contributed by atoms with Crippen molar-refractivity contribution in [1.82, 2.24) is 14.7 Å². The normalized spacial score (nSPS) is 14.3. The van der Waals surface area contributed by atoms with Crippen molar-refractivity contribution < 1.29 is 18.8 Å². The van der Waals surface area contributed by atoms with E-state index in [1.807, 2.05) is 6.07 Å². The smallest absolute Gasteiger partial charge is 0.273 e. The molecule has 4 aromatic rings. The van der Waals surface area contributed by atoms with Gasteiger partial charge in [0.2, 0.25) is 5.91 Å². The van der Waals surface area contributed by atoms with Crippen molar-refractivity contribution in [2.45, 2.75) is 37.8 Å². The molecule has 9 nitrogen and oxygen atoms in total. The van der Waals surface area contributed by atoms with E-state index in [1.165, 1.54) is 29.2 Å². The molecule has 5 N–H and O–H groups in total. The van der Waals surface area contributed by atoms with Crippen LogP contribution in [-0.4, -0.2) is 33.1 Å². The largest absolute Gasteiger partial charge is 0.395 e. The van der Waals surface area contributed by atoms with Gasteiger partial charge in [0.05, 0.1) is 11.2 Å². The molecule has 0 bridgehead atoms. The second-order valence-corrected chi connectivity index (χ2v) is 9.91. The molecular formula is C27H25FN6O3S. The van der Waals surface area contributed by atoms with Gasteiger partial charge < -0.3 is 16.8 Å². The van der Waals surface area contributed by atoms with Crippen LogP contribution in [0.5, 0.6) is 0 Å². The van der Waals surface area contributed by atoms with Crippen LogP contribution in [0.25, 0.3) is 10.9 Å². The highest BCUT2D eigenvalue weighted by molar-refractivity contribution is 7.09. The number of hydrogen-bond donors (Lipinski definition) is 3. The van der Waals surface area contributed by atoms with Crippen molar-refractivity contribution in [3.8, 4) is 0 Å². The Hall–Kier alpha value is -4.38. The van der Waals surface area contributed by atoms with E-state index < -0.39 is 29.6 Å². The SMILES string of the molecule is NC(=O)c1nsc(C(=O)N(c2cccc(F)c2)C(C(=O)NC2CCCC2)c2ccc3ncccc3c2)c1N. The number of anilines is 2. The number of nitrogens with one attached hydrogen (secondary N) is 1. The van der Waals surface area contributed by atoms with Crippen molar-refractivity contribution in [1.29, 1.82) is 0 Å². The van der Waals surface area contributed by atoms with Crippen molar-refractivity contribution in [3.63, 3.8) is 0 Å². The number of primary amides is 1. The number of nitrogens with two attached hydrogens (primary N) is 2. The lowest BCUT2D eigenvalue weighted by Crippen LogP contribution is -2.46. The van der Waals surface area contributed by atoms with E-state index in [2.05, 4.69) is 14.7 Å². The van der Waals surface area contributed by atoms with Crippen LogP contribution in [-0.2, 0) is 4.79 Å². The van der Waals surface area contributed by atoms with Gasteiger partial charge in [-0.05, 0) is 66.3 Å². The third-order valence-corrected chi connectivity index (χ3v) is 7.46. The van der Waals surface area contributed by atoms with Gasteiger partial charge in [0.15, 0.2) is 5.69 Å². The Labute approximate surface area is 221 Å². The first-order chi connectivity index (χ1) is 18.3. The predicted molar refractivity (Wildman–Crippen MR) is 143 cm³/mol. The molecule has 2 aromatic carbocycles. The number of carbonyl (C=O) groups is 3. The number of carbonyl (C=O) groups excluding carboxylic acids is 3. The molecule has 1 aliphatic rings. The number of amides is 3. The summed E-state index contributed by atoms with van der Waals surface area (Å²) in [6.45, 7) is 0. The number of pyridine rings is 1. The number of rotatable bonds is 7. The number of benzene rings is 2. The summed E-state index contributed by atoms with van der Waals surface area (Å²) >= 11 is 0.697. The monoisotopic (exact) mass is 532 g/mol. The van der Waals surface area contributed by atoms with Crippen molar-refractivity contribution in [2.24, 2.45) is 5.73 Å². The molecule has 38 heavy (non-hydrogen) atoms. The maximum Gasteiger partial charge on any atom is 0.273 e. The molecule has 1 saturated carbocycles. The molecule has 5 rings (SSSR count). The van der Waals surface area contributed by atoms with Gasteiger partial charge in [0, 0.05) is 23.3 Å². The fourth-order valence-electron chi connectivity index (χ4n) is 4.78. The average molecular weight is 533 g/mol. The number of halogens is 1. The Bertz CT molecular complexity index is 1530. The summed E-state index contributed by atoms with van der Waals surface area (Å²) in [5.41, 5.74) is 12.4. The maximum atomic E-state index is 14.4. The van der Waals surface area contributed by atoms with Gasteiger partial charge in [0.1, 0.15) is 16.7 Å². The second kappa shape index (κ2) is 10.5. The van der Waals surface area contributed by atoms with E-state index in [4.69, 9.17) is 11.5 Å². The van der Waals surface area contributed by atoms with E-state index in [0.717, 1.165) is 31.1 Å².